The molecular weight excluding hydrogens is 330 g/mol. The molecule has 1 unspecified atom stereocenters. The number of hydrazine groups is 1. The normalized spacial score (nSPS) is 22.5. The van der Waals surface area contributed by atoms with Crippen LogP contribution in [0.2, 0.25) is 0 Å². The van der Waals surface area contributed by atoms with Crippen LogP contribution >= 0.6 is 0 Å². The minimum atomic E-state index is -3.56. The zero-order chi connectivity index (χ0) is 17.0. The maximum Gasteiger partial charge on any atom is 0.317 e. The number of hydrogen-bond acceptors (Lipinski definition) is 5. The Kier molecular flexibility index (Phi) is 5.34. The standard InChI is InChI=1S/C15H23N5O3S/c21-15(18-13-9-16-17-10-13)20-8-4-5-12(11-20)19-24(22,23)14-6-2-1-3-7-14/h1-3,6-7,12-13,16-17,19H,4-5,8-11H2,(H,18,21). The zero-order valence-corrected chi connectivity index (χ0v) is 14.2. The lowest BCUT2D eigenvalue weighted by Crippen LogP contribution is -2.54. The third-order valence-electron chi connectivity index (χ3n) is 4.23. The van der Waals surface area contributed by atoms with Crippen molar-refractivity contribution >= 4 is 16.1 Å². The lowest BCUT2D eigenvalue weighted by molar-refractivity contribution is 0.175. The van der Waals surface area contributed by atoms with E-state index in [1.807, 2.05) is 0 Å². The number of amides is 2. The van der Waals surface area contributed by atoms with E-state index in [0.29, 0.717) is 26.2 Å². The molecule has 4 N–H and O–H groups in total. The summed E-state index contributed by atoms with van der Waals surface area (Å²) in [6.45, 7) is 2.39. The Morgan fingerprint density at radius 2 is 1.83 bits per heavy atom. The molecular formula is C15H23N5O3S. The summed E-state index contributed by atoms with van der Waals surface area (Å²) in [5, 5.41) is 2.95. The quantitative estimate of drug-likeness (QED) is 0.591. The third kappa shape index (κ3) is 4.23. The Morgan fingerprint density at radius 1 is 1.12 bits per heavy atom. The second-order valence-corrected chi connectivity index (χ2v) is 7.84. The van der Waals surface area contributed by atoms with Gasteiger partial charge in [0.15, 0.2) is 0 Å². The second-order valence-electron chi connectivity index (χ2n) is 6.13. The van der Waals surface area contributed by atoms with Gasteiger partial charge in [0.2, 0.25) is 10.0 Å². The molecule has 1 aromatic carbocycles. The summed E-state index contributed by atoms with van der Waals surface area (Å²) in [6.07, 6.45) is 1.50. The molecule has 132 valence electrons. The smallest absolute Gasteiger partial charge is 0.317 e. The molecule has 0 spiro atoms. The maximum atomic E-state index is 12.4. The average Bonchev–Trinajstić information content (AvgIpc) is 3.08. The highest BCUT2D eigenvalue weighted by Crippen LogP contribution is 2.14. The number of benzene rings is 1. The van der Waals surface area contributed by atoms with Crippen molar-refractivity contribution in [3.63, 3.8) is 0 Å². The topological polar surface area (TPSA) is 103 Å². The van der Waals surface area contributed by atoms with Gasteiger partial charge in [0.25, 0.3) is 0 Å². The average molecular weight is 353 g/mol. The van der Waals surface area contributed by atoms with Crippen molar-refractivity contribution < 1.29 is 13.2 Å². The minimum Gasteiger partial charge on any atom is -0.333 e. The number of rotatable bonds is 4. The van der Waals surface area contributed by atoms with Gasteiger partial charge in [0, 0.05) is 32.2 Å². The number of hydrogen-bond donors (Lipinski definition) is 4. The molecule has 9 heteroatoms. The highest BCUT2D eigenvalue weighted by atomic mass is 32.2. The van der Waals surface area contributed by atoms with Gasteiger partial charge in [-0.15, -0.1) is 0 Å². The van der Waals surface area contributed by atoms with E-state index < -0.39 is 10.0 Å². The summed E-state index contributed by atoms with van der Waals surface area (Å²) in [7, 11) is -3.56. The molecule has 1 atom stereocenters. The Bertz CT molecular complexity index is 661. The van der Waals surface area contributed by atoms with Gasteiger partial charge in [-0.3, -0.25) is 10.9 Å². The van der Waals surface area contributed by atoms with E-state index >= 15 is 0 Å². The lowest BCUT2D eigenvalue weighted by atomic mass is 10.1. The number of nitrogens with one attached hydrogen (secondary N) is 4. The van der Waals surface area contributed by atoms with Crippen LogP contribution in [0.25, 0.3) is 0 Å². The van der Waals surface area contributed by atoms with Crippen LogP contribution in [0.4, 0.5) is 4.79 Å². The number of likely N-dealkylation sites (tertiary alicyclic amines) is 1. The predicted octanol–water partition coefficient (Wildman–Crippen LogP) is -0.385. The van der Waals surface area contributed by atoms with Crippen LogP contribution in [0.5, 0.6) is 0 Å². The van der Waals surface area contributed by atoms with Crippen LogP contribution in [0.1, 0.15) is 12.8 Å². The van der Waals surface area contributed by atoms with E-state index in [2.05, 4.69) is 20.9 Å². The first-order valence-corrected chi connectivity index (χ1v) is 9.61. The van der Waals surface area contributed by atoms with Crippen LogP contribution < -0.4 is 20.9 Å². The molecule has 8 nitrogen and oxygen atoms in total. The van der Waals surface area contributed by atoms with Crippen LogP contribution in [-0.2, 0) is 10.0 Å². The molecule has 2 heterocycles. The number of urea groups is 1. The van der Waals surface area contributed by atoms with Gasteiger partial charge < -0.3 is 10.2 Å². The summed E-state index contributed by atoms with van der Waals surface area (Å²) >= 11 is 0. The fourth-order valence-corrected chi connectivity index (χ4v) is 4.26. The van der Waals surface area contributed by atoms with Crippen LogP contribution in [-0.4, -0.2) is 57.6 Å². The van der Waals surface area contributed by atoms with Gasteiger partial charge in [-0.1, -0.05) is 18.2 Å². The summed E-state index contributed by atoms with van der Waals surface area (Å²) < 4.78 is 27.5. The highest BCUT2D eigenvalue weighted by Gasteiger charge is 2.28. The van der Waals surface area contributed by atoms with Gasteiger partial charge in [0.05, 0.1) is 10.9 Å². The molecule has 0 radical (unpaired) electrons. The van der Waals surface area contributed by atoms with Crippen LogP contribution in [0.3, 0.4) is 0 Å². The predicted molar refractivity (Wildman–Crippen MR) is 89.7 cm³/mol. The second kappa shape index (κ2) is 7.47. The molecule has 2 saturated heterocycles. The molecule has 3 rings (SSSR count). The van der Waals surface area contributed by atoms with E-state index in [1.165, 1.54) is 0 Å². The Balaban J connectivity index is 1.58. The monoisotopic (exact) mass is 353 g/mol. The van der Waals surface area contributed by atoms with Crippen molar-refractivity contribution in [3.05, 3.63) is 30.3 Å². The molecule has 1 aromatic rings. The first-order chi connectivity index (χ1) is 11.5. The summed E-state index contributed by atoms with van der Waals surface area (Å²) in [6, 6.07) is 7.93. The van der Waals surface area contributed by atoms with E-state index in [0.717, 1.165) is 12.8 Å². The van der Waals surface area contributed by atoms with Crippen molar-refractivity contribution in [1.29, 1.82) is 0 Å². The van der Waals surface area contributed by atoms with Crippen molar-refractivity contribution in [2.24, 2.45) is 0 Å². The van der Waals surface area contributed by atoms with Gasteiger partial charge in [-0.2, -0.15) is 0 Å². The molecule has 2 aliphatic heterocycles. The number of sulfonamides is 1. The van der Waals surface area contributed by atoms with E-state index in [9.17, 15) is 13.2 Å². The van der Waals surface area contributed by atoms with Gasteiger partial charge in [0.1, 0.15) is 0 Å². The van der Waals surface area contributed by atoms with Crippen LogP contribution in [0, 0.1) is 0 Å². The molecule has 0 aliphatic carbocycles. The lowest BCUT2D eigenvalue weighted by Gasteiger charge is -2.33. The number of nitrogens with zero attached hydrogens (tertiary/aromatic N) is 1. The van der Waals surface area contributed by atoms with Gasteiger partial charge >= 0.3 is 6.03 Å². The summed E-state index contributed by atoms with van der Waals surface area (Å²) in [5.74, 6) is 0. The number of carbonyl (C=O) groups excluding carboxylic acids is 1. The van der Waals surface area contributed by atoms with Crippen molar-refractivity contribution in [2.75, 3.05) is 26.2 Å². The molecule has 0 saturated carbocycles. The van der Waals surface area contributed by atoms with Crippen molar-refractivity contribution in [2.45, 2.75) is 29.8 Å². The highest BCUT2D eigenvalue weighted by molar-refractivity contribution is 7.89. The molecule has 24 heavy (non-hydrogen) atoms. The van der Waals surface area contributed by atoms with Gasteiger partial charge in [-0.25, -0.2) is 17.9 Å². The molecule has 0 aromatic heterocycles. The molecule has 0 bridgehead atoms. The number of carbonyl (C=O) groups is 1. The van der Waals surface area contributed by atoms with Crippen molar-refractivity contribution in [3.8, 4) is 0 Å². The fraction of sp³-hybridized carbons (Fsp3) is 0.533. The first-order valence-electron chi connectivity index (χ1n) is 8.13. The van der Waals surface area contributed by atoms with Crippen molar-refractivity contribution in [1.82, 2.24) is 25.8 Å². The maximum absolute atomic E-state index is 12.4. The Labute approximate surface area is 142 Å². The summed E-state index contributed by atoms with van der Waals surface area (Å²) in [5.41, 5.74) is 5.93. The molecule has 2 aliphatic rings. The summed E-state index contributed by atoms with van der Waals surface area (Å²) in [4.78, 5) is 14.2. The number of piperidine rings is 1. The third-order valence-corrected chi connectivity index (χ3v) is 5.77. The molecule has 2 amide bonds. The Hall–Kier alpha value is -1.68. The zero-order valence-electron chi connectivity index (χ0n) is 13.4. The van der Waals surface area contributed by atoms with E-state index in [-0.39, 0.29) is 23.0 Å². The largest absolute Gasteiger partial charge is 0.333 e. The molecule has 2 fully saturated rings. The van der Waals surface area contributed by atoms with E-state index in [4.69, 9.17) is 0 Å². The van der Waals surface area contributed by atoms with E-state index in [1.54, 1.807) is 35.2 Å². The SMILES string of the molecule is O=C(NC1CNNC1)N1CCCC(NS(=O)(=O)c2ccccc2)C1. The first kappa shape index (κ1) is 17.2. The van der Waals surface area contributed by atoms with Gasteiger partial charge in [-0.05, 0) is 25.0 Å². The fourth-order valence-electron chi connectivity index (χ4n) is 2.98. The Morgan fingerprint density at radius 3 is 2.54 bits per heavy atom. The minimum absolute atomic E-state index is 0.0545. The van der Waals surface area contributed by atoms with Crippen LogP contribution in [0.15, 0.2) is 35.2 Å².